The highest BCUT2D eigenvalue weighted by Crippen LogP contribution is 2.57. The van der Waals surface area contributed by atoms with Gasteiger partial charge in [-0.15, -0.1) is 14.5 Å². The van der Waals surface area contributed by atoms with E-state index in [0.29, 0.717) is 17.8 Å². The highest BCUT2D eigenvalue weighted by atomic mass is 31.0. The lowest BCUT2D eigenvalue weighted by Crippen LogP contribution is -2.47. The average Bonchev–Trinajstić information content (AvgIpc) is 3.41. The lowest BCUT2D eigenvalue weighted by molar-refractivity contribution is 0.169. The average molecular weight is 364 g/mol. The molecular weight excluding hydrogens is 331 g/mol. The summed E-state index contributed by atoms with van der Waals surface area (Å²) in [5.74, 6) is 1.85. The molecule has 0 aliphatic heterocycles. The molecule has 0 spiro atoms. The second kappa shape index (κ2) is 7.40. The largest absolute Gasteiger partial charge is 0.209 e. The molecule has 4 rings (SSSR count). The first-order valence-corrected chi connectivity index (χ1v) is 11.1. The molecule has 1 aromatic carbocycles. The van der Waals surface area contributed by atoms with Gasteiger partial charge in [0.1, 0.15) is 0 Å². The molecule has 3 aliphatic carbocycles. The first kappa shape index (κ1) is 18.1. The molecule has 1 saturated carbocycles. The Hall–Kier alpha value is -1.26. The van der Waals surface area contributed by atoms with Gasteiger partial charge in [0.2, 0.25) is 0 Å². The maximum atomic E-state index is 3.03. The summed E-state index contributed by atoms with van der Waals surface area (Å²) in [6.07, 6.45) is 22.2. The molecule has 0 heterocycles. The van der Waals surface area contributed by atoms with Gasteiger partial charge in [0.15, 0.2) is 0 Å². The van der Waals surface area contributed by atoms with E-state index >= 15 is 0 Å². The van der Waals surface area contributed by atoms with Crippen LogP contribution in [0.2, 0.25) is 0 Å². The molecule has 3 aliphatic rings. The van der Waals surface area contributed by atoms with Crippen molar-refractivity contribution in [2.24, 2.45) is 17.8 Å². The normalized spacial score (nSPS) is 33.6. The van der Waals surface area contributed by atoms with Gasteiger partial charge in [-0.05, 0) is 42.4 Å². The van der Waals surface area contributed by atoms with Crippen LogP contribution in [0.3, 0.4) is 0 Å². The summed E-state index contributed by atoms with van der Waals surface area (Å²) in [6, 6.07) is 6.97. The van der Waals surface area contributed by atoms with E-state index in [0.717, 1.165) is 6.42 Å². The minimum absolute atomic E-state index is 0.221. The van der Waals surface area contributed by atoms with Crippen molar-refractivity contribution in [3.63, 3.8) is 0 Å². The Morgan fingerprint density at radius 3 is 2.73 bits per heavy atom. The van der Waals surface area contributed by atoms with Crippen LogP contribution in [0.5, 0.6) is 0 Å². The second-order valence-electron chi connectivity index (χ2n) is 8.26. The third-order valence-corrected chi connectivity index (χ3v) is 7.69. The molecule has 0 saturated heterocycles. The van der Waals surface area contributed by atoms with Crippen LogP contribution in [0.4, 0.5) is 0 Å². The van der Waals surface area contributed by atoms with Crippen molar-refractivity contribution in [1.82, 2.24) is 0 Å². The van der Waals surface area contributed by atoms with E-state index in [-0.39, 0.29) is 5.41 Å². The zero-order valence-electron chi connectivity index (χ0n) is 16.2. The summed E-state index contributed by atoms with van der Waals surface area (Å²) in [4.78, 5) is 0. The summed E-state index contributed by atoms with van der Waals surface area (Å²) in [6.45, 7) is 4.67. The van der Waals surface area contributed by atoms with Crippen LogP contribution in [0, 0.1) is 17.8 Å². The molecule has 0 amide bonds. The van der Waals surface area contributed by atoms with Gasteiger partial charge in [0, 0.05) is 0 Å². The van der Waals surface area contributed by atoms with Gasteiger partial charge >= 0.3 is 0 Å². The zero-order chi connectivity index (χ0) is 18.1. The van der Waals surface area contributed by atoms with Crippen LogP contribution < -0.4 is 5.30 Å². The minimum atomic E-state index is 0.221. The maximum Gasteiger partial charge on any atom is -0.00170 e. The predicted octanol–water partition coefficient (Wildman–Crippen LogP) is 6.38. The highest BCUT2D eigenvalue weighted by Gasteiger charge is 2.47. The summed E-state index contributed by atoms with van der Waals surface area (Å²) in [5.41, 5.74) is 5.14. The van der Waals surface area contributed by atoms with Crippen molar-refractivity contribution >= 4 is 14.5 Å². The Balaban J connectivity index is 1.87. The van der Waals surface area contributed by atoms with E-state index in [9.17, 15) is 0 Å². The van der Waals surface area contributed by atoms with Crippen LogP contribution in [-0.2, 0) is 5.41 Å². The van der Waals surface area contributed by atoms with E-state index in [4.69, 9.17) is 0 Å². The van der Waals surface area contributed by atoms with Gasteiger partial charge in [0.25, 0.3) is 0 Å². The van der Waals surface area contributed by atoms with Crippen molar-refractivity contribution in [2.75, 3.05) is 0 Å². The molecule has 5 atom stereocenters. The van der Waals surface area contributed by atoms with Gasteiger partial charge in [-0.2, -0.15) is 17.7 Å². The van der Waals surface area contributed by atoms with Gasteiger partial charge < -0.3 is 0 Å². The fraction of sp³-hybridized carbons (Fsp3) is 0.480. The quantitative estimate of drug-likeness (QED) is 0.421. The van der Waals surface area contributed by atoms with Crippen molar-refractivity contribution in [2.45, 2.75) is 57.8 Å². The number of hydrogen-bond donors (Lipinski definition) is 0. The molecule has 0 N–H and O–H groups in total. The smallest absolute Gasteiger partial charge is 0.00170 e. The lowest BCUT2D eigenvalue weighted by Gasteiger charge is -2.54. The highest BCUT2D eigenvalue weighted by molar-refractivity contribution is 7.27. The Morgan fingerprint density at radius 2 is 2.00 bits per heavy atom. The van der Waals surface area contributed by atoms with Crippen molar-refractivity contribution in [1.29, 1.82) is 0 Å². The summed E-state index contributed by atoms with van der Waals surface area (Å²) in [7, 11) is 3.03. The molecule has 138 valence electrons. The maximum absolute atomic E-state index is 3.03. The van der Waals surface area contributed by atoms with Crippen LogP contribution in [0.15, 0.2) is 65.8 Å². The summed E-state index contributed by atoms with van der Waals surface area (Å²) >= 11 is 0. The van der Waals surface area contributed by atoms with Crippen molar-refractivity contribution < 1.29 is 0 Å². The van der Waals surface area contributed by atoms with Crippen molar-refractivity contribution in [3.8, 4) is 0 Å². The molecule has 26 heavy (non-hydrogen) atoms. The Labute approximate surface area is 161 Å². The third kappa shape index (κ3) is 2.73. The zero-order valence-corrected chi connectivity index (χ0v) is 17.4. The fourth-order valence-corrected chi connectivity index (χ4v) is 6.50. The topological polar surface area (TPSA) is 0 Å². The van der Waals surface area contributed by atoms with E-state index in [1.165, 1.54) is 37.4 Å². The molecule has 0 nitrogen and oxygen atoms in total. The Kier molecular flexibility index (Phi) is 5.15. The lowest BCUT2D eigenvalue weighted by atomic mass is 9.53. The third-order valence-electron chi connectivity index (χ3n) is 7.19. The minimum Gasteiger partial charge on any atom is -0.209 e. The van der Waals surface area contributed by atoms with Crippen LogP contribution in [0.25, 0.3) is 0 Å². The number of rotatable bonds is 5. The van der Waals surface area contributed by atoms with E-state index in [2.05, 4.69) is 77.7 Å². The van der Waals surface area contributed by atoms with E-state index < -0.39 is 0 Å². The van der Waals surface area contributed by atoms with Gasteiger partial charge in [-0.3, -0.25) is 0 Å². The molecule has 1 fully saturated rings. The number of hydrogen-bond acceptors (Lipinski definition) is 0. The summed E-state index contributed by atoms with van der Waals surface area (Å²) in [5, 5.41) is 1.41. The van der Waals surface area contributed by atoms with Gasteiger partial charge in [0.05, 0.1) is 0 Å². The molecule has 1 aromatic rings. The Morgan fingerprint density at radius 1 is 1.15 bits per heavy atom. The molecule has 0 aromatic heterocycles. The molecular formula is C25H32P-. The fourth-order valence-electron chi connectivity index (χ4n) is 6.02. The van der Waals surface area contributed by atoms with Gasteiger partial charge in [-0.25, -0.2) is 6.07 Å². The predicted molar refractivity (Wildman–Crippen MR) is 117 cm³/mol. The Bertz CT molecular complexity index is 772. The molecule has 0 radical (unpaired) electrons. The van der Waals surface area contributed by atoms with Gasteiger partial charge in [-0.1, -0.05) is 80.7 Å². The summed E-state index contributed by atoms with van der Waals surface area (Å²) < 4.78 is 0. The SMILES string of the molecule is CCC1=CC=CC1C1(c2cc[cH-]c2P)CCCCC1C1=CC=CC1CC. The first-order valence-electron chi connectivity index (χ1n) is 10.5. The first-order chi connectivity index (χ1) is 12.7. The van der Waals surface area contributed by atoms with Crippen molar-refractivity contribution in [3.05, 3.63) is 71.4 Å². The second-order valence-corrected chi connectivity index (χ2v) is 8.88. The monoisotopic (exact) mass is 363 g/mol. The number of allylic oxidation sites excluding steroid dienone is 8. The van der Waals surface area contributed by atoms with Crippen LogP contribution >= 0.6 is 9.24 Å². The molecule has 1 heteroatoms. The standard InChI is InChI=1S/C25H32P/c1-3-18-10-7-12-20(18)22-13-5-6-17-25(22,23-15-9-16-24(23)26)21-14-8-11-19(21)4-2/h7-12,14-16,18,21-22H,3-6,13,17,26H2,1-2H3/q-1. The molecule has 5 unspecified atom stereocenters. The van der Waals surface area contributed by atoms with Crippen LogP contribution in [-0.4, -0.2) is 0 Å². The van der Waals surface area contributed by atoms with E-state index in [1.807, 2.05) is 0 Å². The van der Waals surface area contributed by atoms with E-state index in [1.54, 1.807) is 16.7 Å². The molecule has 0 bridgehead atoms. The van der Waals surface area contributed by atoms with Crippen LogP contribution in [0.1, 0.15) is 57.9 Å².